The van der Waals surface area contributed by atoms with E-state index in [1.54, 1.807) is 23.3 Å². The van der Waals surface area contributed by atoms with Crippen molar-refractivity contribution in [2.45, 2.75) is 39.8 Å². The Labute approximate surface area is 174 Å². The Morgan fingerprint density at radius 3 is 2.67 bits per heavy atom. The molecule has 3 heterocycles. The number of anilines is 3. The van der Waals surface area contributed by atoms with E-state index in [4.69, 9.17) is 11.5 Å². The van der Waals surface area contributed by atoms with Crippen LogP contribution >= 0.6 is 0 Å². The summed E-state index contributed by atoms with van der Waals surface area (Å²) in [5.74, 6) is -0.965. The number of rotatable bonds is 9. The molecular weight excluding hydrogens is 387 g/mol. The van der Waals surface area contributed by atoms with E-state index in [1.165, 1.54) is 0 Å². The third-order valence-corrected chi connectivity index (χ3v) is 4.75. The highest BCUT2D eigenvalue weighted by Gasteiger charge is 2.19. The number of nitrogens with one attached hydrogen (secondary N) is 2. The van der Waals surface area contributed by atoms with Crippen molar-refractivity contribution in [1.82, 2.24) is 19.7 Å². The highest BCUT2D eigenvalue weighted by molar-refractivity contribution is 6.00. The van der Waals surface area contributed by atoms with E-state index in [-0.39, 0.29) is 23.2 Å². The molecule has 1 atom stereocenters. The SMILES string of the molecule is CCn1ncc2c(Nc3nc(NC(CN)CC(C)C)c(F)cc3C(N)=O)cncc21. The summed E-state index contributed by atoms with van der Waals surface area (Å²) < 4.78 is 16.4. The summed E-state index contributed by atoms with van der Waals surface area (Å²) >= 11 is 0. The highest BCUT2D eigenvalue weighted by atomic mass is 19.1. The Morgan fingerprint density at radius 2 is 2.03 bits per heavy atom. The van der Waals surface area contributed by atoms with Crippen molar-refractivity contribution in [2.75, 3.05) is 17.2 Å². The van der Waals surface area contributed by atoms with Crippen LogP contribution in [0, 0.1) is 11.7 Å². The summed E-state index contributed by atoms with van der Waals surface area (Å²) in [6.45, 7) is 7.09. The molecule has 0 aliphatic carbocycles. The second kappa shape index (κ2) is 9.04. The van der Waals surface area contributed by atoms with Gasteiger partial charge in [-0.05, 0) is 25.3 Å². The molecule has 0 saturated carbocycles. The zero-order valence-electron chi connectivity index (χ0n) is 17.3. The van der Waals surface area contributed by atoms with Crippen LogP contribution in [0.1, 0.15) is 37.6 Å². The Balaban J connectivity index is 2.01. The topological polar surface area (TPSA) is 137 Å². The van der Waals surface area contributed by atoms with Crippen LogP contribution in [-0.4, -0.2) is 38.2 Å². The van der Waals surface area contributed by atoms with E-state index in [9.17, 15) is 9.18 Å². The number of fused-ring (bicyclic) bond motifs is 1. The molecule has 10 heteroatoms. The molecule has 0 aliphatic rings. The fraction of sp³-hybridized carbons (Fsp3) is 0.400. The van der Waals surface area contributed by atoms with Crippen LogP contribution < -0.4 is 22.1 Å². The number of pyridine rings is 2. The molecule has 0 radical (unpaired) electrons. The molecule has 0 aliphatic heterocycles. The van der Waals surface area contributed by atoms with Crippen LogP contribution in [0.15, 0.2) is 24.7 Å². The smallest absolute Gasteiger partial charge is 0.252 e. The summed E-state index contributed by atoms with van der Waals surface area (Å²) in [5.41, 5.74) is 12.6. The number of carbonyl (C=O) groups excluding carboxylic acids is 1. The van der Waals surface area contributed by atoms with Gasteiger partial charge in [0.25, 0.3) is 5.91 Å². The lowest BCUT2D eigenvalue weighted by atomic mass is 10.0. The van der Waals surface area contributed by atoms with E-state index in [0.29, 0.717) is 24.7 Å². The first-order valence-electron chi connectivity index (χ1n) is 9.87. The van der Waals surface area contributed by atoms with Crippen molar-refractivity contribution in [3.8, 4) is 0 Å². The number of aromatic nitrogens is 4. The van der Waals surface area contributed by atoms with Crippen molar-refractivity contribution >= 4 is 34.1 Å². The maximum atomic E-state index is 14.6. The van der Waals surface area contributed by atoms with Crippen molar-refractivity contribution in [3.63, 3.8) is 0 Å². The summed E-state index contributed by atoms with van der Waals surface area (Å²) in [6, 6.07) is 0.915. The molecule has 0 fully saturated rings. The number of carbonyl (C=O) groups is 1. The summed E-state index contributed by atoms with van der Waals surface area (Å²) in [4.78, 5) is 20.5. The average molecular weight is 414 g/mol. The summed E-state index contributed by atoms with van der Waals surface area (Å²) in [5, 5.41) is 11.2. The predicted molar refractivity (Wildman–Crippen MR) is 115 cm³/mol. The lowest BCUT2D eigenvalue weighted by Crippen LogP contribution is -2.31. The fourth-order valence-corrected chi connectivity index (χ4v) is 3.32. The van der Waals surface area contributed by atoms with Gasteiger partial charge in [0, 0.05) is 24.5 Å². The van der Waals surface area contributed by atoms with Crippen LogP contribution in [0.25, 0.3) is 10.9 Å². The first-order chi connectivity index (χ1) is 14.3. The minimum atomic E-state index is -0.794. The van der Waals surface area contributed by atoms with E-state index in [0.717, 1.165) is 23.4 Å². The molecule has 9 nitrogen and oxygen atoms in total. The molecule has 0 saturated heterocycles. The van der Waals surface area contributed by atoms with Crippen molar-refractivity contribution in [1.29, 1.82) is 0 Å². The van der Waals surface area contributed by atoms with Gasteiger partial charge in [0.15, 0.2) is 11.6 Å². The molecule has 0 spiro atoms. The molecule has 30 heavy (non-hydrogen) atoms. The van der Waals surface area contributed by atoms with Gasteiger partial charge in [0.05, 0.1) is 35.4 Å². The van der Waals surface area contributed by atoms with E-state index in [2.05, 4.69) is 39.5 Å². The minimum absolute atomic E-state index is 0.00277. The number of halogens is 1. The number of primary amides is 1. The Bertz CT molecular complexity index is 1050. The Morgan fingerprint density at radius 1 is 1.27 bits per heavy atom. The first-order valence-corrected chi connectivity index (χ1v) is 9.87. The van der Waals surface area contributed by atoms with E-state index >= 15 is 0 Å². The van der Waals surface area contributed by atoms with Gasteiger partial charge in [-0.3, -0.25) is 14.5 Å². The number of hydrogen-bond donors (Lipinski definition) is 4. The number of amides is 1. The molecule has 160 valence electrons. The van der Waals surface area contributed by atoms with Crippen molar-refractivity contribution < 1.29 is 9.18 Å². The average Bonchev–Trinajstić information content (AvgIpc) is 3.13. The third-order valence-electron chi connectivity index (χ3n) is 4.75. The minimum Gasteiger partial charge on any atom is -0.365 e. The van der Waals surface area contributed by atoms with Gasteiger partial charge in [-0.2, -0.15) is 5.10 Å². The van der Waals surface area contributed by atoms with E-state index in [1.807, 2.05) is 6.92 Å². The van der Waals surface area contributed by atoms with Gasteiger partial charge in [0.1, 0.15) is 5.82 Å². The maximum Gasteiger partial charge on any atom is 0.252 e. The standard InChI is InChI=1S/C20H27FN8O/c1-4-29-17-10-24-9-16(14(17)8-25-29)27-19-13(18(23)30)6-15(21)20(28-19)26-12(7-22)5-11(2)3/h6,8-12H,4-5,7,22H2,1-3H3,(H2,23,30)(H2,26,27,28). The molecule has 3 rings (SSSR count). The monoisotopic (exact) mass is 414 g/mol. The number of nitrogens with two attached hydrogens (primary N) is 2. The molecule has 1 unspecified atom stereocenters. The molecular formula is C20H27FN8O. The molecule has 0 aromatic carbocycles. The Kier molecular flexibility index (Phi) is 6.46. The molecule has 3 aromatic rings. The van der Waals surface area contributed by atoms with Gasteiger partial charge in [0.2, 0.25) is 0 Å². The zero-order valence-corrected chi connectivity index (χ0v) is 17.3. The highest BCUT2D eigenvalue weighted by Crippen LogP contribution is 2.28. The number of nitrogens with zero attached hydrogens (tertiary/aromatic N) is 4. The van der Waals surface area contributed by atoms with Crippen molar-refractivity contribution in [3.05, 3.63) is 36.0 Å². The normalized spacial score (nSPS) is 12.3. The first kappa shape index (κ1) is 21.4. The maximum absolute atomic E-state index is 14.6. The lowest BCUT2D eigenvalue weighted by molar-refractivity contribution is 0.100. The molecule has 3 aromatic heterocycles. The van der Waals surface area contributed by atoms with Gasteiger partial charge in [-0.25, -0.2) is 9.37 Å². The van der Waals surface area contributed by atoms with Gasteiger partial charge >= 0.3 is 0 Å². The van der Waals surface area contributed by atoms with E-state index < -0.39 is 11.7 Å². The number of hydrogen-bond acceptors (Lipinski definition) is 7. The quantitative estimate of drug-likeness (QED) is 0.422. The zero-order chi connectivity index (χ0) is 21.8. The summed E-state index contributed by atoms with van der Waals surface area (Å²) in [6.07, 6.45) is 5.74. The number of aryl methyl sites for hydroxylation is 1. The second-order valence-electron chi connectivity index (χ2n) is 7.49. The molecule has 6 N–H and O–H groups in total. The van der Waals surface area contributed by atoms with Gasteiger partial charge in [-0.15, -0.1) is 0 Å². The van der Waals surface area contributed by atoms with Crippen molar-refractivity contribution in [2.24, 2.45) is 17.4 Å². The van der Waals surface area contributed by atoms with Crippen LogP contribution in [0.2, 0.25) is 0 Å². The summed E-state index contributed by atoms with van der Waals surface area (Å²) in [7, 11) is 0. The lowest BCUT2D eigenvalue weighted by Gasteiger charge is -2.21. The van der Waals surface area contributed by atoms with Crippen LogP contribution in [-0.2, 0) is 6.54 Å². The largest absolute Gasteiger partial charge is 0.365 e. The van der Waals surface area contributed by atoms with Crippen LogP contribution in [0.3, 0.4) is 0 Å². The fourth-order valence-electron chi connectivity index (χ4n) is 3.32. The second-order valence-corrected chi connectivity index (χ2v) is 7.49. The predicted octanol–water partition coefficient (Wildman–Crippen LogP) is 2.61. The van der Waals surface area contributed by atoms with Gasteiger partial charge in [-0.1, -0.05) is 13.8 Å². The third kappa shape index (κ3) is 4.48. The van der Waals surface area contributed by atoms with Crippen LogP contribution in [0.5, 0.6) is 0 Å². The molecule has 1 amide bonds. The molecule has 0 bridgehead atoms. The van der Waals surface area contributed by atoms with Crippen LogP contribution in [0.4, 0.5) is 21.7 Å². The van der Waals surface area contributed by atoms with Gasteiger partial charge < -0.3 is 22.1 Å². The Hall–Kier alpha value is -3.27.